The molecule has 0 saturated carbocycles. The third-order valence-corrected chi connectivity index (χ3v) is 9.35. The molecule has 3 N–H and O–H groups in total. The molecule has 3 aromatic rings. The zero-order valence-electron chi connectivity index (χ0n) is 30.4. The molecule has 0 spiro atoms. The number of amides is 5. The maximum absolute atomic E-state index is 14.2. The van der Waals surface area contributed by atoms with Gasteiger partial charge in [0.2, 0.25) is 17.7 Å². The van der Waals surface area contributed by atoms with Gasteiger partial charge >= 0.3 is 0 Å². The number of aryl methyl sites for hydroxylation is 1. The Labute approximate surface area is 305 Å². The van der Waals surface area contributed by atoms with Crippen molar-refractivity contribution >= 4 is 35.2 Å². The minimum atomic E-state index is -0.959. The number of hydrogen-bond donors (Lipinski definition) is 3. The van der Waals surface area contributed by atoms with Gasteiger partial charge < -0.3 is 35.2 Å². The minimum absolute atomic E-state index is 0.00451. The van der Waals surface area contributed by atoms with Crippen molar-refractivity contribution in [2.24, 2.45) is 5.92 Å². The molecule has 2 heterocycles. The second kappa shape index (κ2) is 17.7. The van der Waals surface area contributed by atoms with Crippen LogP contribution in [0.25, 0.3) is 0 Å². The average molecular weight is 712 g/mol. The Morgan fingerprint density at radius 1 is 0.904 bits per heavy atom. The predicted octanol–water partition coefficient (Wildman–Crippen LogP) is 3.91. The zero-order valence-corrected chi connectivity index (χ0v) is 30.4. The smallest absolute Gasteiger partial charge is 0.254 e. The fraction of sp³-hybridized carbons (Fsp3) is 0.425. The number of carbonyl (C=O) groups is 5. The van der Waals surface area contributed by atoms with Crippen molar-refractivity contribution in [2.75, 3.05) is 45.3 Å². The molecule has 1 fully saturated rings. The molecule has 2 bridgehead atoms. The Balaban J connectivity index is 1.48. The first-order valence-corrected chi connectivity index (χ1v) is 17.9. The molecule has 5 rings (SSSR count). The number of benzene rings is 3. The molecule has 52 heavy (non-hydrogen) atoms. The maximum Gasteiger partial charge on any atom is 0.254 e. The van der Waals surface area contributed by atoms with Crippen LogP contribution in [0, 0.1) is 5.92 Å². The van der Waals surface area contributed by atoms with E-state index in [-0.39, 0.29) is 37.2 Å². The summed E-state index contributed by atoms with van der Waals surface area (Å²) in [4.78, 5) is 71.2. The van der Waals surface area contributed by atoms with Gasteiger partial charge in [0.15, 0.2) is 0 Å². The highest BCUT2D eigenvalue weighted by Gasteiger charge is 2.30. The summed E-state index contributed by atoms with van der Waals surface area (Å²) in [7, 11) is 3.14. The monoisotopic (exact) mass is 711 g/mol. The first-order chi connectivity index (χ1) is 25.0. The highest BCUT2D eigenvalue weighted by Crippen LogP contribution is 2.24. The molecule has 5 amide bonds. The maximum atomic E-state index is 14.2. The topological polar surface area (TPSA) is 146 Å². The molecule has 0 aliphatic carbocycles. The van der Waals surface area contributed by atoms with Gasteiger partial charge in [-0.3, -0.25) is 24.0 Å². The van der Waals surface area contributed by atoms with E-state index in [1.54, 1.807) is 73.7 Å². The highest BCUT2D eigenvalue weighted by atomic mass is 16.5. The number of nitrogens with one attached hydrogen (secondary N) is 3. The van der Waals surface area contributed by atoms with Gasteiger partial charge in [-0.05, 0) is 91.3 Å². The number of carbonyl (C=O) groups excluding carboxylic acids is 5. The molecular formula is C40H49N5O7. The Morgan fingerprint density at radius 2 is 1.69 bits per heavy atom. The van der Waals surface area contributed by atoms with E-state index in [9.17, 15) is 24.0 Å². The van der Waals surface area contributed by atoms with Crippen LogP contribution in [0.1, 0.15) is 71.4 Å². The molecule has 0 aromatic heterocycles. The lowest BCUT2D eigenvalue weighted by Crippen LogP contribution is -2.54. The minimum Gasteiger partial charge on any atom is -0.497 e. The van der Waals surface area contributed by atoms with Gasteiger partial charge in [0.25, 0.3) is 11.8 Å². The van der Waals surface area contributed by atoms with Gasteiger partial charge in [0, 0.05) is 55.3 Å². The van der Waals surface area contributed by atoms with Gasteiger partial charge in [-0.2, -0.15) is 0 Å². The molecular weight excluding hydrogens is 662 g/mol. The van der Waals surface area contributed by atoms with Crippen LogP contribution in [-0.2, 0) is 27.2 Å². The van der Waals surface area contributed by atoms with Crippen molar-refractivity contribution in [3.05, 3.63) is 89.0 Å². The van der Waals surface area contributed by atoms with Crippen LogP contribution in [-0.4, -0.2) is 86.9 Å². The SMILES string of the molecule is COc1ccc(C[C@@H]2NC(=O)c3ccc(OC)c(c3)CCCNC(=O)CN(C(=O)c3cccc(N4CCCC4=O)c3)C[C@H](CC(C)C)NC2=O)cc1. The van der Waals surface area contributed by atoms with E-state index in [1.165, 1.54) is 4.90 Å². The summed E-state index contributed by atoms with van der Waals surface area (Å²) in [5, 5.41) is 9.01. The summed E-state index contributed by atoms with van der Waals surface area (Å²) >= 11 is 0. The standard InChI is InChI=1S/C40H49N5O7/c1-26(2)20-31-24-44(40(50)30-8-5-10-32(23-30)45-19-7-11-37(45)47)25-36(46)41-18-6-9-28-22-29(14-17-35(28)52-4)38(48)43-34(39(49)42-31)21-27-12-15-33(51-3)16-13-27/h5,8,10,12-17,22-23,26,31,34H,6-7,9,11,18-21,24-25H2,1-4H3,(H,41,46)(H,42,49)(H,43,48)/t31-,34-/m0/s1. The van der Waals surface area contributed by atoms with Gasteiger partial charge in [-0.1, -0.05) is 32.0 Å². The first kappa shape index (κ1) is 37.9. The summed E-state index contributed by atoms with van der Waals surface area (Å²) in [6.45, 7) is 4.76. The van der Waals surface area contributed by atoms with Crippen molar-refractivity contribution < 1.29 is 33.4 Å². The van der Waals surface area contributed by atoms with Crippen molar-refractivity contribution in [2.45, 2.75) is 64.5 Å². The molecule has 0 unspecified atom stereocenters. The number of rotatable bonds is 8. The van der Waals surface area contributed by atoms with Crippen LogP contribution >= 0.6 is 0 Å². The fourth-order valence-electron chi connectivity index (χ4n) is 6.75. The lowest BCUT2D eigenvalue weighted by Gasteiger charge is -2.30. The van der Waals surface area contributed by atoms with Gasteiger partial charge in [0.1, 0.15) is 17.5 Å². The van der Waals surface area contributed by atoms with Crippen molar-refractivity contribution in [1.82, 2.24) is 20.9 Å². The van der Waals surface area contributed by atoms with Crippen molar-refractivity contribution in [3.63, 3.8) is 0 Å². The summed E-state index contributed by atoms with van der Waals surface area (Å²) in [5.74, 6) is -0.156. The van der Waals surface area contributed by atoms with E-state index < -0.39 is 29.8 Å². The van der Waals surface area contributed by atoms with Gasteiger partial charge in [-0.25, -0.2) is 0 Å². The molecule has 2 aliphatic rings. The molecule has 12 heteroatoms. The van der Waals surface area contributed by atoms with E-state index in [4.69, 9.17) is 9.47 Å². The third kappa shape index (κ3) is 9.89. The zero-order chi connectivity index (χ0) is 37.2. The molecule has 1 saturated heterocycles. The Kier molecular flexibility index (Phi) is 12.9. The average Bonchev–Trinajstić information content (AvgIpc) is 3.57. The first-order valence-electron chi connectivity index (χ1n) is 17.9. The molecule has 276 valence electrons. The summed E-state index contributed by atoms with van der Waals surface area (Å²) in [6, 6.07) is 17.8. The predicted molar refractivity (Wildman–Crippen MR) is 198 cm³/mol. The van der Waals surface area contributed by atoms with Crippen LogP contribution < -0.4 is 30.3 Å². The number of hydrogen-bond acceptors (Lipinski definition) is 7. The molecule has 12 nitrogen and oxygen atoms in total. The van der Waals surface area contributed by atoms with Crippen LogP contribution in [0.5, 0.6) is 11.5 Å². The normalized spacial score (nSPS) is 19.1. The molecule has 2 aliphatic heterocycles. The Hall–Kier alpha value is -5.39. The lowest BCUT2D eigenvalue weighted by molar-refractivity contribution is -0.124. The van der Waals surface area contributed by atoms with Crippen LogP contribution in [0.3, 0.4) is 0 Å². The number of nitrogens with zero attached hydrogens (tertiary/aromatic N) is 2. The third-order valence-electron chi connectivity index (χ3n) is 9.35. The van der Waals surface area contributed by atoms with E-state index in [0.29, 0.717) is 67.1 Å². The number of ether oxygens (including phenoxy) is 2. The van der Waals surface area contributed by atoms with E-state index in [0.717, 1.165) is 17.5 Å². The second-order valence-electron chi connectivity index (χ2n) is 13.8. The molecule has 2 atom stereocenters. The summed E-state index contributed by atoms with van der Waals surface area (Å²) in [6.07, 6.45) is 2.98. The van der Waals surface area contributed by atoms with Crippen molar-refractivity contribution in [1.29, 1.82) is 0 Å². The largest absolute Gasteiger partial charge is 0.497 e. The number of anilines is 1. The number of methoxy groups -OCH3 is 2. The summed E-state index contributed by atoms with van der Waals surface area (Å²) in [5.41, 5.74) is 2.95. The van der Waals surface area contributed by atoms with Crippen molar-refractivity contribution in [3.8, 4) is 11.5 Å². The molecule has 0 radical (unpaired) electrons. The Bertz CT molecular complexity index is 1760. The van der Waals surface area contributed by atoms with Crippen LogP contribution in [0.15, 0.2) is 66.7 Å². The van der Waals surface area contributed by atoms with E-state index >= 15 is 0 Å². The van der Waals surface area contributed by atoms with E-state index in [2.05, 4.69) is 16.0 Å². The Morgan fingerprint density at radius 3 is 2.38 bits per heavy atom. The number of fused-ring (bicyclic) bond motifs is 2. The van der Waals surface area contributed by atoms with Gasteiger partial charge in [-0.15, -0.1) is 0 Å². The summed E-state index contributed by atoms with van der Waals surface area (Å²) < 4.78 is 10.9. The fourth-order valence-corrected chi connectivity index (χ4v) is 6.75. The molecule has 3 aromatic carbocycles. The van der Waals surface area contributed by atoms with E-state index in [1.807, 2.05) is 26.0 Å². The van der Waals surface area contributed by atoms with Crippen LogP contribution in [0.4, 0.5) is 5.69 Å². The second-order valence-corrected chi connectivity index (χ2v) is 13.8. The lowest BCUT2D eigenvalue weighted by atomic mass is 10.00. The highest BCUT2D eigenvalue weighted by molar-refractivity contribution is 6.00. The van der Waals surface area contributed by atoms with Gasteiger partial charge in [0.05, 0.1) is 20.8 Å². The van der Waals surface area contributed by atoms with Crippen LogP contribution in [0.2, 0.25) is 0 Å². The quantitative estimate of drug-likeness (QED) is 0.321.